The average Bonchev–Trinajstić information content (AvgIpc) is 2.16. The molecule has 10 heavy (non-hydrogen) atoms. The molecule has 0 aromatic heterocycles. The smallest absolute Gasteiger partial charge is 0.351 e. The molecular formula is C5H11NO4. The van der Waals surface area contributed by atoms with Crippen LogP contribution in [-0.2, 0) is 4.79 Å². The fourth-order valence-corrected chi connectivity index (χ4v) is 0.910. The molecule has 0 amide bonds. The third kappa shape index (κ3) is 1.44. The fraction of sp³-hybridized carbons (Fsp3) is 0.800. The van der Waals surface area contributed by atoms with Crippen molar-refractivity contribution in [3.05, 3.63) is 0 Å². The molecule has 1 saturated heterocycles. The lowest BCUT2D eigenvalue weighted by Crippen LogP contribution is -2.47. The highest BCUT2D eigenvalue weighted by Crippen LogP contribution is 2.14. The second-order valence-corrected chi connectivity index (χ2v) is 2.20. The van der Waals surface area contributed by atoms with Crippen LogP contribution in [0.2, 0.25) is 0 Å². The van der Waals surface area contributed by atoms with Crippen LogP contribution in [0.3, 0.4) is 0 Å². The third-order valence-electron chi connectivity index (χ3n) is 1.49. The lowest BCUT2D eigenvalue weighted by atomic mass is 10.2. The maximum absolute atomic E-state index is 10.2. The van der Waals surface area contributed by atoms with Crippen molar-refractivity contribution in [2.24, 2.45) is 0 Å². The Hall–Kier alpha value is -0.650. The summed E-state index contributed by atoms with van der Waals surface area (Å²) in [5.74, 6) is -1.18. The van der Waals surface area contributed by atoms with E-state index in [0.29, 0.717) is 13.0 Å². The zero-order valence-corrected chi connectivity index (χ0v) is 5.42. The highest BCUT2D eigenvalue weighted by Gasteiger charge is 2.38. The molecule has 1 aliphatic heterocycles. The largest absolute Gasteiger partial charge is 0.478 e. The van der Waals surface area contributed by atoms with E-state index in [1.54, 1.807) is 0 Å². The SMILES string of the molecule is O.O=C(O)[C@@]1(O)CCCN1. The first-order valence-electron chi connectivity index (χ1n) is 2.86. The van der Waals surface area contributed by atoms with Crippen LogP contribution in [0.1, 0.15) is 12.8 Å². The standard InChI is InChI=1S/C5H9NO3.H2O/c7-4(8)5(9)2-1-3-6-5;/h6,9H,1-3H2,(H,7,8);1H2/t5-;/m0./s1. The molecule has 0 aliphatic carbocycles. The van der Waals surface area contributed by atoms with Gasteiger partial charge in [-0.25, -0.2) is 4.79 Å². The van der Waals surface area contributed by atoms with Crippen LogP contribution < -0.4 is 5.32 Å². The molecule has 0 aromatic rings. The molecule has 0 saturated carbocycles. The molecular weight excluding hydrogens is 138 g/mol. The summed E-state index contributed by atoms with van der Waals surface area (Å²) in [4.78, 5) is 10.2. The summed E-state index contributed by atoms with van der Waals surface area (Å²) in [6, 6.07) is 0. The van der Waals surface area contributed by atoms with Gasteiger partial charge in [-0.2, -0.15) is 0 Å². The normalized spacial score (nSPS) is 31.3. The second-order valence-electron chi connectivity index (χ2n) is 2.20. The van der Waals surface area contributed by atoms with Gasteiger partial charge in [0.1, 0.15) is 0 Å². The molecule has 1 atom stereocenters. The van der Waals surface area contributed by atoms with E-state index in [2.05, 4.69) is 5.32 Å². The zero-order valence-electron chi connectivity index (χ0n) is 5.42. The second kappa shape index (κ2) is 2.96. The Bertz CT molecular complexity index is 130. The molecule has 0 aromatic carbocycles. The number of carboxylic acids is 1. The number of rotatable bonds is 1. The van der Waals surface area contributed by atoms with Crippen molar-refractivity contribution in [1.29, 1.82) is 0 Å². The first-order valence-corrected chi connectivity index (χ1v) is 2.86. The Morgan fingerprint density at radius 2 is 2.20 bits per heavy atom. The fourth-order valence-electron chi connectivity index (χ4n) is 0.910. The maximum Gasteiger partial charge on any atom is 0.351 e. The van der Waals surface area contributed by atoms with E-state index < -0.39 is 11.7 Å². The van der Waals surface area contributed by atoms with Gasteiger partial charge in [-0.05, 0) is 13.0 Å². The summed E-state index contributed by atoms with van der Waals surface area (Å²) >= 11 is 0. The van der Waals surface area contributed by atoms with Crippen molar-refractivity contribution in [2.75, 3.05) is 6.54 Å². The Morgan fingerprint density at radius 3 is 2.40 bits per heavy atom. The van der Waals surface area contributed by atoms with Gasteiger partial charge < -0.3 is 15.7 Å². The Balaban J connectivity index is 0.000000810. The summed E-state index contributed by atoms with van der Waals surface area (Å²) in [6.45, 7) is 0.586. The average molecular weight is 149 g/mol. The molecule has 0 spiro atoms. The molecule has 60 valence electrons. The van der Waals surface area contributed by atoms with Crippen LogP contribution in [0.4, 0.5) is 0 Å². The summed E-state index contributed by atoms with van der Waals surface area (Å²) in [7, 11) is 0. The van der Waals surface area contributed by atoms with E-state index in [0.717, 1.165) is 6.42 Å². The minimum atomic E-state index is -1.64. The molecule has 0 radical (unpaired) electrons. The highest BCUT2D eigenvalue weighted by atomic mass is 16.4. The van der Waals surface area contributed by atoms with Crippen LogP contribution in [0, 0.1) is 0 Å². The zero-order chi connectivity index (χ0) is 6.91. The first kappa shape index (κ1) is 9.35. The summed E-state index contributed by atoms with van der Waals surface area (Å²) < 4.78 is 0. The van der Waals surface area contributed by atoms with Gasteiger partial charge in [-0.15, -0.1) is 0 Å². The topological polar surface area (TPSA) is 101 Å². The molecule has 1 aliphatic rings. The van der Waals surface area contributed by atoms with Crippen molar-refractivity contribution < 1.29 is 20.5 Å². The number of aliphatic hydroxyl groups is 1. The maximum atomic E-state index is 10.2. The molecule has 1 rings (SSSR count). The van der Waals surface area contributed by atoms with Crippen LogP contribution in [0.15, 0.2) is 0 Å². The summed E-state index contributed by atoms with van der Waals surface area (Å²) in [5, 5.41) is 19.9. The number of hydrogen-bond acceptors (Lipinski definition) is 3. The van der Waals surface area contributed by atoms with Crippen molar-refractivity contribution in [3.8, 4) is 0 Å². The number of nitrogens with one attached hydrogen (secondary N) is 1. The van der Waals surface area contributed by atoms with Crippen LogP contribution in [0.25, 0.3) is 0 Å². The molecule has 1 heterocycles. The van der Waals surface area contributed by atoms with E-state index in [4.69, 9.17) is 10.2 Å². The third-order valence-corrected chi connectivity index (χ3v) is 1.49. The summed E-state index contributed by atoms with van der Waals surface area (Å²) in [5.41, 5.74) is -1.64. The number of aliphatic carboxylic acids is 1. The lowest BCUT2D eigenvalue weighted by molar-refractivity contribution is -0.160. The Morgan fingerprint density at radius 1 is 1.60 bits per heavy atom. The monoisotopic (exact) mass is 149 g/mol. The van der Waals surface area contributed by atoms with Gasteiger partial charge in [0.05, 0.1) is 0 Å². The van der Waals surface area contributed by atoms with Crippen molar-refractivity contribution >= 4 is 5.97 Å². The van der Waals surface area contributed by atoms with Gasteiger partial charge in [0, 0.05) is 6.42 Å². The van der Waals surface area contributed by atoms with Crippen molar-refractivity contribution in [2.45, 2.75) is 18.6 Å². The van der Waals surface area contributed by atoms with Gasteiger partial charge in [-0.3, -0.25) is 5.32 Å². The predicted octanol–water partition coefficient (Wildman–Crippen LogP) is -1.68. The highest BCUT2D eigenvalue weighted by molar-refractivity contribution is 5.76. The van der Waals surface area contributed by atoms with Gasteiger partial charge in [0.15, 0.2) is 0 Å². The van der Waals surface area contributed by atoms with Crippen molar-refractivity contribution in [3.63, 3.8) is 0 Å². The van der Waals surface area contributed by atoms with E-state index in [1.165, 1.54) is 0 Å². The molecule has 0 unspecified atom stereocenters. The Kier molecular flexibility index (Phi) is 2.77. The van der Waals surface area contributed by atoms with Gasteiger partial charge in [-0.1, -0.05) is 0 Å². The first-order chi connectivity index (χ1) is 4.15. The van der Waals surface area contributed by atoms with Crippen LogP contribution in [0.5, 0.6) is 0 Å². The molecule has 5 N–H and O–H groups in total. The molecule has 0 bridgehead atoms. The minimum Gasteiger partial charge on any atom is -0.478 e. The molecule has 5 heteroatoms. The minimum absolute atomic E-state index is 0. The number of hydrogen-bond donors (Lipinski definition) is 3. The van der Waals surface area contributed by atoms with Gasteiger partial charge in [0.25, 0.3) is 0 Å². The lowest BCUT2D eigenvalue weighted by Gasteiger charge is -2.15. The summed E-state index contributed by atoms with van der Waals surface area (Å²) in [6.07, 6.45) is 1.03. The van der Waals surface area contributed by atoms with Gasteiger partial charge in [0.2, 0.25) is 5.72 Å². The molecule has 5 nitrogen and oxygen atoms in total. The number of carboxylic acid groups (broad SMARTS) is 1. The van der Waals surface area contributed by atoms with E-state index in [1.807, 2.05) is 0 Å². The van der Waals surface area contributed by atoms with E-state index in [-0.39, 0.29) is 5.48 Å². The van der Waals surface area contributed by atoms with Crippen molar-refractivity contribution in [1.82, 2.24) is 5.32 Å². The number of carbonyl (C=O) groups is 1. The van der Waals surface area contributed by atoms with E-state index >= 15 is 0 Å². The van der Waals surface area contributed by atoms with E-state index in [9.17, 15) is 4.79 Å². The predicted molar refractivity (Wildman–Crippen MR) is 33.4 cm³/mol. The van der Waals surface area contributed by atoms with Gasteiger partial charge >= 0.3 is 5.97 Å². The van der Waals surface area contributed by atoms with Crippen LogP contribution >= 0.6 is 0 Å². The van der Waals surface area contributed by atoms with Crippen LogP contribution in [-0.4, -0.2) is 33.9 Å². The quantitative estimate of drug-likeness (QED) is 0.414. The Labute approximate surface area is 58.0 Å². The molecule has 1 fully saturated rings.